The van der Waals surface area contributed by atoms with Crippen molar-refractivity contribution in [3.8, 4) is 11.5 Å². The number of aryl methyl sites for hydroxylation is 1. The van der Waals surface area contributed by atoms with E-state index in [1.807, 2.05) is 70.4 Å². The SMILES string of the molecule is CC.CNC.Cc1ccccc1-c1nc2ccccc2o1. The van der Waals surface area contributed by atoms with Crippen LogP contribution in [-0.4, -0.2) is 19.1 Å². The third-order valence-corrected chi connectivity index (χ3v) is 2.67. The van der Waals surface area contributed by atoms with Crippen LogP contribution in [0.4, 0.5) is 0 Å². The molecule has 2 aromatic carbocycles. The molecule has 0 fully saturated rings. The molecule has 0 atom stereocenters. The summed E-state index contributed by atoms with van der Waals surface area (Å²) in [6.45, 7) is 6.06. The van der Waals surface area contributed by atoms with Gasteiger partial charge in [0.2, 0.25) is 5.89 Å². The van der Waals surface area contributed by atoms with Crippen molar-refractivity contribution in [3.63, 3.8) is 0 Å². The average molecular weight is 284 g/mol. The van der Waals surface area contributed by atoms with Gasteiger partial charge >= 0.3 is 0 Å². The fourth-order valence-corrected chi connectivity index (χ4v) is 1.80. The van der Waals surface area contributed by atoms with Gasteiger partial charge in [0.25, 0.3) is 0 Å². The second kappa shape index (κ2) is 8.93. The molecule has 112 valence electrons. The van der Waals surface area contributed by atoms with Crippen LogP contribution in [0, 0.1) is 6.92 Å². The number of oxazole rings is 1. The molecule has 21 heavy (non-hydrogen) atoms. The summed E-state index contributed by atoms with van der Waals surface area (Å²) in [5.41, 5.74) is 3.97. The first-order chi connectivity index (χ1) is 10.3. The van der Waals surface area contributed by atoms with Crippen LogP contribution in [0.25, 0.3) is 22.6 Å². The number of rotatable bonds is 1. The second-order valence-electron chi connectivity index (χ2n) is 4.30. The van der Waals surface area contributed by atoms with Crippen LogP contribution in [0.15, 0.2) is 52.9 Å². The van der Waals surface area contributed by atoms with Crippen LogP contribution in [0.5, 0.6) is 0 Å². The Kier molecular flexibility index (Phi) is 7.19. The first-order valence-electron chi connectivity index (χ1n) is 7.26. The van der Waals surface area contributed by atoms with Crippen LogP contribution < -0.4 is 5.32 Å². The number of nitrogens with one attached hydrogen (secondary N) is 1. The largest absolute Gasteiger partial charge is 0.436 e. The van der Waals surface area contributed by atoms with Crippen molar-refractivity contribution in [3.05, 3.63) is 54.1 Å². The molecule has 3 rings (SSSR count). The number of hydrogen-bond acceptors (Lipinski definition) is 3. The van der Waals surface area contributed by atoms with Gasteiger partial charge in [-0.05, 0) is 44.8 Å². The molecule has 0 spiro atoms. The van der Waals surface area contributed by atoms with Crippen molar-refractivity contribution in [2.75, 3.05) is 14.1 Å². The van der Waals surface area contributed by atoms with E-state index in [0.717, 1.165) is 16.7 Å². The first kappa shape index (κ1) is 16.9. The van der Waals surface area contributed by atoms with Gasteiger partial charge < -0.3 is 9.73 Å². The highest BCUT2D eigenvalue weighted by Crippen LogP contribution is 2.26. The van der Waals surface area contributed by atoms with Gasteiger partial charge in [-0.3, -0.25) is 0 Å². The molecule has 0 aliphatic heterocycles. The summed E-state index contributed by atoms with van der Waals surface area (Å²) in [7, 11) is 3.75. The molecule has 0 aliphatic rings. The van der Waals surface area contributed by atoms with Crippen molar-refractivity contribution in [1.29, 1.82) is 0 Å². The van der Waals surface area contributed by atoms with E-state index < -0.39 is 0 Å². The zero-order chi connectivity index (χ0) is 15.7. The molecular weight excluding hydrogens is 260 g/mol. The summed E-state index contributed by atoms with van der Waals surface area (Å²) in [6, 6.07) is 15.9. The standard InChI is InChI=1S/C14H11NO.C2H7N.C2H6/c1-10-6-2-3-7-11(10)14-15-12-8-4-5-9-13(12)16-14;1-3-2;1-2/h2-9H,1H3;3H,1-2H3;1-2H3. The molecule has 1 heterocycles. The summed E-state index contributed by atoms with van der Waals surface area (Å²) in [5, 5.41) is 2.75. The minimum atomic E-state index is 0.694. The maximum absolute atomic E-state index is 5.72. The number of nitrogens with zero attached hydrogens (tertiary/aromatic N) is 1. The lowest BCUT2D eigenvalue weighted by Gasteiger charge is -1.98. The minimum Gasteiger partial charge on any atom is -0.436 e. The Morgan fingerprint density at radius 2 is 1.48 bits per heavy atom. The van der Waals surface area contributed by atoms with Gasteiger partial charge in [0.15, 0.2) is 5.58 Å². The Morgan fingerprint density at radius 1 is 0.905 bits per heavy atom. The zero-order valence-electron chi connectivity index (χ0n) is 13.5. The highest BCUT2D eigenvalue weighted by molar-refractivity contribution is 5.76. The van der Waals surface area contributed by atoms with Crippen molar-refractivity contribution in [2.24, 2.45) is 0 Å². The second-order valence-corrected chi connectivity index (χ2v) is 4.30. The van der Waals surface area contributed by atoms with Crippen molar-refractivity contribution in [1.82, 2.24) is 10.3 Å². The first-order valence-corrected chi connectivity index (χ1v) is 7.26. The minimum absolute atomic E-state index is 0.694. The van der Waals surface area contributed by atoms with Gasteiger partial charge in [-0.1, -0.05) is 44.2 Å². The monoisotopic (exact) mass is 284 g/mol. The van der Waals surface area contributed by atoms with E-state index in [4.69, 9.17) is 4.42 Å². The molecule has 0 amide bonds. The molecule has 0 bridgehead atoms. The normalized spacial score (nSPS) is 9.38. The Morgan fingerprint density at radius 3 is 2.10 bits per heavy atom. The van der Waals surface area contributed by atoms with E-state index in [1.165, 1.54) is 5.56 Å². The van der Waals surface area contributed by atoms with E-state index in [-0.39, 0.29) is 0 Å². The smallest absolute Gasteiger partial charge is 0.227 e. The van der Waals surface area contributed by atoms with Gasteiger partial charge in [-0.2, -0.15) is 0 Å². The summed E-state index contributed by atoms with van der Waals surface area (Å²) in [6.07, 6.45) is 0. The average Bonchev–Trinajstić information content (AvgIpc) is 2.94. The molecular formula is C18H24N2O. The molecule has 0 saturated heterocycles. The van der Waals surface area contributed by atoms with E-state index >= 15 is 0 Å². The molecule has 1 aromatic heterocycles. The Bertz CT molecular complexity index is 626. The maximum atomic E-state index is 5.72. The lowest BCUT2D eigenvalue weighted by molar-refractivity contribution is 0.619. The summed E-state index contributed by atoms with van der Waals surface area (Å²) in [5.74, 6) is 0.694. The molecule has 1 N–H and O–H groups in total. The quantitative estimate of drug-likeness (QED) is 0.706. The predicted molar refractivity (Wildman–Crippen MR) is 90.5 cm³/mol. The van der Waals surface area contributed by atoms with Crippen LogP contribution in [0.3, 0.4) is 0 Å². The number of aromatic nitrogens is 1. The van der Waals surface area contributed by atoms with Crippen LogP contribution in [0.2, 0.25) is 0 Å². The van der Waals surface area contributed by atoms with E-state index in [2.05, 4.69) is 23.3 Å². The van der Waals surface area contributed by atoms with Crippen LogP contribution in [0.1, 0.15) is 19.4 Å². The number of hydrogen-bond donors (Lipinski definition) is 1. The molecule has 0 saturated carbocycles. The zero-order valence-corrected chi connectivity index (χ0v) is 13.5. The fourth-order valence-electron chi connectivity index (χ4n) is 1.80. The van der Waals surface area contributed by atoms with E-state index in [1.54, 1.807) is 0 Å². The third kappa shape index (κ3) is 4.43. The van der Waals surface area contributed by atoms with Gasteiger partial charge in [-0.25, -0.2) is 4.98 Å². The lowest BCUT2D eigenvalue weighted by atomic mass is 10.1. The predicted octanol–water partition coefficient (Wildman–Crippen LogP) is 4.67. The molecule has 0 unspecified atom stereocenters. The maximum Gasteiger partial charge on any atom is 0.227 e. The van der Waals surface area contributed by atoms with Crippen molar-refractivity contribution >= 4 is 11.1 Å². The van der Waals surface area contributed by atoms with Crippen molar-refractivity contribution < 1.29 is 4.42 Å². The molecule has 0 radical (unpaired) electrons. The van der Waals surface area contributed by atoms with E-state index in [0.29, 0.717) is 5.89 Å². The number of benzene rings is 2. The van der Waals surface area contributed by atoms with Gasteiger partial charge in [0, 0.05) is 5.56 Å². The molecule has 3 heteroatoms. The Labute approximate surface area is 127 Å². The van der Waals surface area contributed by atoms with Crippen LogP contribution >= 0.6 is 0 Å². The van der Waals surface area contributed by atoms with Crippen molar-refractivity contribution in [2.45, 2.75) is 20.8 Å². The third-order valence-electron chi connectivity index (χ3n) is 2.67. The van der Waals surface area contributed by atoms with Crippen LogP contribution in [-0.2, 0) is 0 Å². The highest BCUT2D eigenvalue weighted by atomic mass is 16.3. The lowest BCUT2D eigenvalue weighted by Crippen LogP contribution is -1.89. The molecule has 0 aliphatic carbocycles. The molecule has 3 aromatic rings. The Hall–Kier alpha value is -2.13. The summed E-state index contributed by atoms with van der Waals surface area (Å²) in [4.78, 5) is 4.48. The molecule has 3 nitrogen and oxygen atoms in total. The number of para-hydroxylation sites is 2. The fraction of sp³-hybridized carbons (Fsp3) is 0.278. The van der Waals surface area contributed by atoms with Gasteiger partial charge in [-0.15, -0.1) is 0 Å². The highest BCUT2D eigenvalue weighted by Gasteiger charge is 2.08. The van der Waals surface area contributed by atoms with Gasteiger partial charge in [0.1, 0.15) is 5.52 Å². The van der Waals surface area contributed by atoms with Gasteiger partial charge in [0.05, 0.1) is 0 Å². The number of fused-ring (bicyclic) bond motifs is 1. The van der Waals surface area contributed by atoms with E-state index in [9.17, 15) is 0 Å². The summed E-state index contributed by atoms with van der Waals surface area (Å²) < 4.78 is 5.72. The Balaban J connectivity index is 0.000000395. The topological polar surface area (TPSA) is 38.1 Å². The summed E-state index contributed by atoms with van der Waals surface area (Å²) >= 11 is 0.